The van der Waals surface area contributed by atoms with E-state index in [1.807, 2.05) is 24.4 Å². The molecule has 3 aromatic rings. The van der Waals surface area contributed by atoms with Crippen LogP contribution in [0.1, 0.15) is 42.1 Å². The van der Waals surface area contributed by atoms with Crippen LogP contribution in [0.3, 0.4) is 0 Å². The van der Waals surface area contributed by atoms with Crippen LogP contribution in [0.15, 0.2) is 60.8 Å². The average molecular weight is 419 g/mol. The monoisotopic (exact) mass is 419 g/mol. The van der Waals surface area contributed by atoms with Crippen molar-refractivity contribution in [1.82, 2.24) is 4.98 Å². The number of nitrogens with zero attached hydrogens (tertiary/aromatic N) is 2. The van der Waals surface area contributed by atoms with E-state index >= 15 is 0 Å². The number of nitro groups is 1. The summed E-state index contributed by atoms with van der Waals surface area (Å²) in [5, 5.41) is 13.9. The zero-order chi connectivity index (χ0) is 22.2. The van der Waals surface area contributed by atoms with Gasteiger partial charge in [-0.2, -0.15) is 0 Å². The summed E-state index contributed by atoms with van der Waals surface area (Å²) in [6, 6.07) is 15.3. The maximum absolute atomic E-state index is 12.6. The molecule has 7 heteroatoms. The van der Waals surface area contributed by atoms with Gasteiger partial charge >= 0.3 is 0 Å². The van der Waals surface area contributed by atoms with Gasteiger partial charge in [0.2, 0.25) is 0 Å². The van der Waals surface area contributed by atoms with Gasteiger partial charge < -0.3 is 10.1 Å². The average Bonchev–Trinajstić information content (AvgIpc) is 2.80. The first-order chi connectivity index (χ1) is 15.0. The Hall–Kier alpha value is -3.74. The smallest absolute Gasteiger partial charge is 0.296 e. The summed E-state index contributed by atoms with van der Waals surface area (Å²) in [4.78, 5) is 27.9. The molecule has 0 spiro atoms. The summed E-state index contributed by atoms with van der Waals surface area (Å²) in [5.41, 5.74) is 3.22. The number of amides is 1. The predicted molar refractivity (Wildman–Crippen MR) is 121 cm³/mol. The van der Waals surface area contributed by atoms with Crippen LogP contribution in [0, 0.1) is 10.1 Å². The van der Waals surface area contributed by atoms with E-state index < -0.39 is 10.8 Å². The minimum absolute atomic E-state index is 0.111. The first-order valence-corrected chi connectivity index (χ1v) is 10.2. The fourth-order valence-corrected chi connectivity index (χ4v) is 3.20. The van der Waals surface area contributed by atoms with Crippen molar-refractivity contribution in [3.8, 4) is 17.0 Å². The molecule has 0 aliphatic heterocycles. The second kappa shape index (κ2) is 10.3. The molecule has 0 bridgehead atoms. The van der Waals surface area contributed by atoms with Crippen molar-refractivity contribution in [3.63, 3.8) is 0 Å². The van der Waals surface area contributed by atoms with Crippen molar-refractivity contribution < 1.29 is 14.5 Å². The summed E-state index contributed by atoms with van der Waals surface area (Å²) in [5.74, 6) is -0.0861. The molecule has 31 heavy (non-hydrogen) atoms. The summed E-state index contributed by atoms with van der Waals surface area (Å²) in [7, 11) is 1.42. The molecule has 0 saturated carbocycles. The van der Waals surface area contributed by atoms with Crippen molar-refractivity contribution in [1.29, 1.82) is 0 Å². The van der Waals surface area contributed by atoms with Gasteiger partial charge in [0, 0.05) is 17.3 Å². The van der Waals surface area contributed by atoms with Crippen molar-refractivity contribution >= 4 is 17.3 Å². The fourth-order valence-electron chi connectivity index (χ4n) is 3.20. The third kappa shape index (κ3) is 5.66. The Bertz CT molecular complexity index is 1050. The van der Waals surface area contributed by atoms with Gasteiger partial charge in [-0.1, -0.05) is 38.0 Å². The van der Waals surface area contributed by atoms with Crippen LogP contribution < -0.4 is 10.1 Å². The highest BCUT2D eigenvalue weighted by molar-refractivity contribution is 6.05. The Labute approximate surface area is 181 Å². The number of aryl methyl sites for hydroxylation is 1. The number of anilines is 1. The third-order valence-corrected chi connectivity index (χ3v) is 4.99. The van der Waals surface area contributed by atoms with Crippen LogP contribution in [0.25, 0.3) is 11.3 Å². The van der Waals surface area contributed by atoms with E-state index in [0.29, 0.717) is 11.3 Å². The summed E-state index contributed by atoms with van der Waals surface area (Å²) in [6.45, 7) is 2.18. The maximum Gasteiger partial charge on any atom is 0.296 e. The number of hydrogen-bond acceptors (Lipinski definition) is 5. The van der Waals surface area contributed by atoms with Crippen molar-refractivity contribution in [2.75, 3.05) is 12.4 Å². The number of nitro benzene ring substituents is 1. The molecule has 3 rings (SSSR count). The van der Waals surface area contributed by atoms with Gasteiger partial charge in [0.05, 0.1) is 23.8 Å². The number of pyridine rings is 1. The molecule has 1 heterocycles. The molecule has 0 aliphatic carbocycles. The lowest BCUT2D eigenvalue weighted by Crippen LogP contribution is -2.13. The Morgan fingerprint density at radius 2 is 1.87 bits per heavy atom. The number of benzene rings is 2. The number of rotatable bonds is 9. The minimum atomic E-state index is -0.557. The van der Waals surface area contributed by atoms with E-state index in [0.717, 1.165) is 24.1 Å². The Kier molecular flexibility index (Phi) is 7.32. The molecular formula is C24H25N3O4. The van der Waals surface area contributed by atoms with E-state index in [-0.39, 0.29) is 11.4 Å². The third-order valence-electron chi connectivity index (χ3n) is 4.99. The van der Waals surface area contributed by atoms with Crippen LogP contribution >= 0.6 is 0 Å². The molecule has 0 atom stereocenters. The van der Waals surface area contributed by atoms with Gasteiger partial charge in [-0.25, -0.2) is 0 Å². The second-order valence-electron chi connectivity index (χ2n) is 7.18. The largest absolute Gasteiger partial charge is 0.496 e. The zero-order valence-electron chi connectivity index (χ0n) is 17.6. The summed E-state index contributed by atoms with van der Waals surface area (Å²) >= 11 is 0. The van der Waals surface area contributed by atoms with Crippen molar-refractivity contribution in [3.05, 3.63) is 82.0 Å². The maximum atomic E-state index is 12.6. The topological polar surface area (TPSA) is 94.4 Å². The summed E-state index contributed by atoms with van der Waals surface area (Å²) < 4.78 is 5.01. The number of unbranched alkanes of at least 4 members (excludes halogenated alkanes) is 2. The number of carbonyl (C=O) groups excluding carboxylic acids is 1. The number of nitrogens with one attached hydrogen (secondary N) is 1. The van der Waals surface area contributed by atoms with Gasteiger partial charge in [0.15, 0.2) is 0 Å². The molecule has 1 N–H and O–H groups in total. The van der Waals surface area contributed by atoms with Gasteiger partial charge in [0.1, 0.15) is 11.4 Å². The van der Waals surface area contributed by atoms with Gasteiger partial charge in [-0.3, -0.25) is 19.9 Å². The predicted octanol–water partition coefficient (Wildman–Crippen LogP) is 5.65. The normalized spacial score (nSPS) is 10.5. The van der Waals surface area contributed by atoms with E-state index in [9.17, 15) is 14.9 Å². The molecule has 1 amide bonds. The molecule has 0 radical (unpaired) electrons. The molecule has 160 valence electrons. The Morgan fingerprint density at radius 1 is 1.10 bits per heavy atom. The van der Waals surface area contributed by atoms with E-state index in [2.05, 4.69) is 23.3 Å². The second-order valence-corrected chi connectivity index (χ2v) is 7.18. The van der Waals surface area contributed by atoms with Gasteiger partial charge in [-0.05, 0) is 48.7 Å². The Balaban J connectivity index is 1.70. The van der Waals surface area contributed by atoms with Gasteiger partial charge in [-0.15, -0.1) is 0 Å². The number of methoxy groups -OCH3 is 1. The van der Waals surface area contributed by atoms with E-state index in [1.165, 1.54) is 37.6 Å². The molecular weight excluding hydrogens is 394 g/mol. The molecule has 0 unspecified atom stereocenters. The van der Waals surface area contributed by atoms with Gasteiger partial charge in [0.25, 0.3) is 11.6 Å². The molecule has 7 nitrogen and oxygen atoms in total. The Morgan fingerprint density at radius 3 is 2.48 bits per heavy atom. The number of aromatic nitrogens is 1. The van der Waals surface area contributed by atoms with E-state index in [1.54, 1.807) is 18.2 Å². The highest BCUT2D eigenvalue weighted by atomic mass is 16.6. The molecule has 0 saturated heterocycles. The van der Waals surface area contributed by atoms with Crippen LogP contribution in [-0.4, -0.2) is 22.9 Å². The van der Waals surface area contributed by atoms with Crippen LogP contribution in [-0.2, 0) is 6.42 Å². The molecule has 0 fully saturated rings. The number of hydrogen-bond donors (Lipinski definition) is 1. The number of ether oxygens (including phenoxy) is 1. The molecule has 1 aromatic heterocycles. The minimum Gasteiger partial charge on any atom is -0.496 e. The van der Waals surface area contributed by atoms with Crippen LogP contribution in [0.4, 0.5) is 11.4 Å². The quantitative estimate of drug-likeness (QED) is 0.275. The highest BCUT2D eigenvalue weighted by Gasteiger charge is 2.18. The lowest BCUT2D eigenvalue weighted by Gasteiger charge is -2.08. The standard InChI is InChI=1S/C24H25N3O4/c1-3-4-5-6-17-7-13-21(25-16-17)18-8-10-19(11-9-18)24(28)26-22-14-12-20(31-2)15-23(22)27(29)30/h7-16H,3-6H2,1-2H3,(H,26,28). The fraction of sp³-hybridized carbons (Fsp3) is 0.250. The lowest BCUT2D eigenvalue weighted by molar-refractivity contribution is -0.384. The first-order valence-electron chi connectivity index (χ1n) is 10.2. The zero-order valence-corrected chi connectivity index (χ0v) is 17.6. The number of carbonyl (C=O) groups is 1. The van der Waals surface area contributed by atoms with Crippen LogP contribution in [0.2, 0.25) is 0 Å². The SMILES string of the molecule is CCCCCc1ccc(-c2ccc(C(=O)Nc3ccc(OC)cc3[N+](=O)[O-])cc2)nc1. The molecule has 2 aromatic carbocycles. The lowest BCUT2D eigenvalue weighted by atomic mass is 10.1. The molecule has 0 aliphatic rings. The highest BCUT2D eigenvalue weighted by Crippen LogP contribution is 2.29. The van der Waals surface area contributed by atoms with Crippen LogP contribution in [0.5, 0.6) is 5.75 Å². The van der Waals surface area contributed by atoms with E-state index in [4.69, 9.17) is 4.74 Å². The summed E-state index contributed by atoms with van der Waals surface area (Å²) in [6.07, 6.45) is 6.49. The van der Waals surface area contributed by atoms with Crippen molar-refractivity contribution in [2.24, 2.45) is 0 Å². The first kappa shape index (κ1) is 22.0. The van der Waals surface area contributed by atoms with Crippen molar-refractivity contribution in [2.45, 2.75) is 32.6 Å².